The van der Waals surface area contributed by atoms with Crippen LogP contribution < -0.4 is 5.32 Å². The van der Waals surface area contributed by atoms with Gasteiger partial charge in [0.15, 0.2) is 0 Å². The molecule has 0 atom stereocenters. The molecule has 0 fully saturated rings. The van der Waals surface area contributed by atoms with Crippen molar-refractivity contribution in [1.29, 1.82) is 0 Å². The van der Waals surface area contributed by atoms with Crippen LogP contribution in [0, 0.1) is 17.0 Å². The van der Waals surface area contributed by atoms with Crippen LogP contribution in [0.2, 0.25) is 5.02 Å². The van der Waals surface area contributed by atoms with E-state index in [0.29, 0.717) is 11.3 Å². The predicted octanol–water partition coefficient (Wildman–Crippen LogP) is 2.60. The smallest absolute Gasteiger partial charge is 0.290 e. The first-order valence-electron chi connectivity index (χ1n) is 3.68. The van der Waals surface area contributed by atoms with Crippen LogP contribution in [-0.4, -0.2) is 12.0 Å². The summed E-state index contributed by atoms with van der Waals surface area (Å²) in [7, 11) is 1.70. The van der Waals surface area contributed by atoms with Crippen LogP contribution in [0.3, 0.4) is 0 Å². The van der Waals surface area contributed by atoms with Gasteiger partial charge in [-0.1, -0.05) is 11.6 Å². The first-order valence-corrected chi connectivity index (χ1v) is 4.06. The lowest BCUT2D eigenvalue weighted by Crippen LogP contribution is -1.95. The van der Waals surface area contributed by atoms with Gasteiger partial charge in [0.25, 0.3) is 5.69 Å². The quantitative estimate of drug-likeness (QED) is 0.590. The topological polar surface area (TPSA) is 55.2 Å². The molecule has 0 aliphatic heterocycles. The molecular weight excluding hydrogens is 192 g/mol. The van der Waals surface area contributed by atoms with Crippen molar-refractivity contribution in [3.8, 4) is 0 Å². The van der Waals surface area contributed by atoms with Crippen LogP contribution in [0.15, 0.2) is 12.1 Å². The molecule has 0 aliphatic rings. The van der Waals surface area contributed by atoms with E-state index in [1.165, 1.54) is 6.07 Å². The summed E-state index contributed by atoms with van der Waals surface area (Å²) in [6.07, 6.45) is 0. The Balaban J connectivity index is 3.33. The van der Waals surface area contributed by atoms with Gasteiger partial charge in [0, 0.05) is 18.8 Å². The van der Waals surface area contributed by atoms with Crippen LogP contribution in [0.5, 0.6) is 0 Å². The second-order valence-electron chi connectivity index (χ2n) is 2.63. The van der Waals surface area contributed by atoms with E-state index in [9.17, 15) is 10.1 Å². The molecule has 0 aliphatic carbocycles. The molecule has 0 heterocycles. The van der Waals surface area contributed by atoms with Crippen molar-refractivity contribution in [2.45, 2.75) is 6.92 Å². The maximum Gasteiger partial charge on any atom is 0.290 e. The molecule has 0 aromatic heterocycles. The zero-order valence-electron chi connectivity index (χ0n) is 7.30. The third-order valence-electron chi connectivity index (χ3n) is 1.72. The summed E-state index contributed by atoms with van der Waals surface area (Å²) < 4.78 is 0. The highest BCUT2D eigenvalue weighted by Crippen LogP contribution is 2.30. The van der Waals surface area contributed by atoms with Crippen molar-refractivity contribution in [1.82, 2.24) is 0 Å². The van der Waals surface area contributed by atoms with E-state index < -0.39 is 4.92 Å². The molecule has 1 N–H and O–H groups in total. The molecule has 1 aromatic carbocycles. The highest BCUT2D eigenvalue weighted by atomic mass is 35.5. The van der Waals surface area contributed by atoms with Gasteiger partial charge in [0.2, 0.25) is 0 Å². The van der Waals surface area contributed by atoms with Crippen LogP contribution in [0.1, 0.15) is 5.56 Å². The number of aryl methyl sites for hydroxylation is 1. The highest BCUT2D eigenvalue weighted by Gasteiger charge is 2.15. The van der Waals surface area contributed by atoms with Gasteiger partial charge >= 0.3 is 0 Å². The molecule has 0 spiro atoms. The second-order valence-corrected chi connectivity index (χ2v) is 3.01. The Morgan fingerprint density at radius 1 is 1.54 bits per heavy atom. The van der Waals surface area contributed by atoms with Crippen molar-refractivity contribution in [2.24, 2.45) is 0 Å². The molecular formula is C8H9ClN2O2. The molecule has 0 unspecified atom stereocenters. The number of nitrogens with zero attached hydrogens (tertiary/aromatic N) is 1. The molecule has 0 amide bonds. The Labute approximate surface area is 80.7 Å². The Morgan fingerprint density at radius 2 is 2.15 bits per heavy atom. The second kappa shape index (κ2) is 3.62. The lowest BCUT2D eigenvalue weighted by atomic mass is 10.2. The average molecular weight is 201 g/mol. The standard InChI is InChI=1S/C8H9ClN2O2/c1-5-3-6(10-2)4-7(8(5)9)11(12)13/h3-4,10H,1-2H3. The summed E-state index contributed by atoms with van der Waals surface area (Å²) in [4.78, 5) is 10.0. The number of rotatable bonds is 2. The van der Waals surface area contributed by atoms with Gasteiger partial charge in [0.05, 0.1) is 4.92 Å². The van der Waals surface area contributed by atoms with Gasteiger partial charge in [-0.05, 0) is 18.6 Å². The van der Waals surface area contributed by atoms with E-state index in [0.717, 1.165) is 0 Å². The number of halogens is 1. The first-order chi connectivity index (χ1) is 6.06. The predicted molar refractivity (Wildman–Crippen MR) is 52.4 cm³/mol. The number of benzene rings is 1. The maximum absolute atomic E-state index is 10.5. The minimum atomic E-state index is -0.490. The molecule has 1 rings (SSSR count). The summed E-state index contributed by atoms with van der Waals surface area (Å²) in [5.74, 6) is 0. The Morgan fingerprint density at radius 3 is 2.62 bits per heavy atom. The average Bonchev–Trinajstić information content (AvgIpc) is 2.09. The normalized spacial score (nSPS) is 9.77. The first kappa shape index (κ1) is 9.80. The summed E-state index contributed by atoms with van der Waals surface area (Å²) in [6, 6.07) is 3.17. The van der Waals surface area contributed by atoms with Gasteiger partial charge < -0.3 is 5.32 Å². The summed E-state index contributed by atoms with van der Waals surface area (Å²) >= 11 is 5.75. The molecule has 0 saturated carbocycles. The fourth-order valence-corrected chi connectivity index (χ4v) is 1.21. The van der Waals surface area contributed by atoms with Crippen molar-refractivity contribution >= 4 is 23.0 Å². The molecule has 0 saturated heterocycles. The molecule has 0 radical (unpaired) electrons. The zero-order valence-corrected chi connectivity index (χ0v) is 8.05. The minimum absolute atomic E-state index is 0.0639. The third-order valence-corrected chi connectivity index (χ3v) is 2.21. The number of nitro groups is 1. The molecule has 5 heteroatoms. The van der Waals surface area contributed by atoms with Crippen LogP contribution in [-0.2, 0) is 0 Å². The summed E-state index contributed by atoms with van der Waals surface area (Å²) in [5.41, 5.74) is 1.32. The summed E-state index contributed by atoms with van der Waals surface area (Å²) in [6.45, 7) is 1.73. The fraction of sp³-hybridized carbons (Fsp3) is 0.250. The molecule has 70 valence electrons. The largest absolute Gasteiger partial charge is 0.388 e. The van der Waals surface area contributed by atoms with Gasteiger partial charge in [-0.15, -0.1) is 0 Å². The minimum Gasteiger partial charge on any atom is -0.388 e. The van der Waals surface area contributed by atoms with Crippen molar-refractivity contribution in [2.75, 3.05) is 12.4 Å². The molecule has 1 aromatic rings. The number of anilines is 1. The Hall–Kier alpha value is -1.29. The highest BCUT2D eigenvalue weighted by molar-refractivity contribution is 6.33. The zero-order chi connectivity index (χ0) is 10.0. The van der Waals surface area contributed by atoms with Crippen molar-refractivity contribution in [3.05, 3.63) is 32.8 Å². The van der Waals surface area contributed by atoms with E-state index in [2.05, 4.69) is 5.32 Å². The molecule has 13 heavy (non-hydrogen) atoms. The van der Waals surface area contributed by atoms with E-state index in [1.54, 1.807) is 20.0 Å². The Bertz CT molecular complexity index is 352. The SMILES string of the molecule is CNc1cc(C)c(Cl)c([N+](=O)[O-])c1. The third kappa shape index (κ3) is 1.89. The monoisotopic (exact) mass is 200 g/mol. The van der Waals surface area contributed by atoms with Gasteiger partial charge in [0.1, 0.15) is 5.02 Å². The van der Waals surface area contributed by atoms with E-state index in [-0.39, 0.29) is 10.7 Å². The maximum atomic E-state index is 10.5. The van der Waals surface area contributed by atoms with Crippen molar-refractivity contribution < 1.29 is 4.92 Å². The van der Waals surface area contributed by atoms with Gasteiger partial charge in [-0.2, -0.15) is 0 Å². The van der Waals surface area contributed by atoms with Gasteiger partial charge in [-0.25, -0.2) is 0 Å². The summed E-state index contributed by atoms with van der Waals surface area (Å²) in [5, 5.41) is 13.6. The number of nitro benzene ring substituents is 1. The number of hydrogen-bond acceptors (Lipinski definition) is 3. The van der Waals surface area contributed by atoms with Crippen molar-refractivity contribution in [3.63, 3.8) is 0 Å². The van der Waals surface area contributed by atoms with Crippen LogP contribution in [0.25, 0.3) is 0 Å². The van der Waals surface area contributed by atoms with Crippen LogP contribution in [0.4, 0.5) is 11.4 Å². The molecule has 4 nitrogen and oxygen atoms in total. The number of hydrogen-bond donors (Lipinski definition) is 1. The van der Waals surface area contributed by atoms with E-state index >= 15 is 0 Å². The van der Waals surface area contributed by atoms with E-state index in [1.807, 2.05) is 0 Å². The van der Waals surface area contributed by atoms with Gasteiger partial charge in [-0.3, -0.25) is 10.1 Å². The van der Waals surface area contributed by atoms with E-state index in [4.69, 9.17) is 11.6 Å². The van der Waals surface area contributed by atoms with Crippen LogP contribution >= 0.6 is 11.6 Å². The Kier molecular flexibility index (Phi) is 2.72. The molecule has 0 bridgehead atoms. The lowest BCUT2D eigenvalue weighted by Gasteiger charge is -2.03. The fourth-order valence-electron chi connectivity index (χ4n) is 1.03. The lowest BCUT2D eigenvalue weighted by molar-refractivity contribution is -0.384. The number of nitrogens with one attached hydrogen (secondary N) is 1.